The van der Waals surface area contributed by atoms with Gasteiger partial charge >= 0.3 is 6.09 Å². The quantitative estimate of drug-likeness (QED) is 0.394. The van der Waals surface area contributed by atoms with Crippen LogP contribution in [0.5, 0.6) is 0 Å². The standard InChI is InChI=1S/C25H25ClN2O6S/c1-16(28(25(31)32)15-23(29)19-3-2-4-20(26)14-19)13-17-5-9-21(10-6-17)35(33,34)22-11-7-18(8-12-22)24(27)30/h2-12,14,16,23,29H,13,15H2,1H3,(H2,27,30)(H,31,32)/t16-,23-/m1/s1. The molecule has 2 atom stereocenters. The summed E-state index contributed by atoms with van der Waals surface area (Å²) in [6, 6.07) is 17.6. The summed E-state index contributed by atoms with van der Waals surface area (Å²) in [5.41, 5.74) is 6.63. The van der Waals surface area contributed by atoms with Gasteiger partial charge in [-0.2, -0.15) is 0 Å². The first-order chi connectivity index (χ1) is 16.5. The van der Waals surface area contributed by atoms with E-state index in [1.54, 1.807) is 43.3 Å². The predicted molar refractivity (Wildman–Crippen MR) is 131 cm³/mol. The Bertz CT molecular complexity index is 1310. The Kier molecular flexibility index (Phi) is 8.16. The highest BCUT2D eigenvalue weighted by atomic mass is 35.5. The summed E-state index contributed by atoms with van der Waals surface area (Å²) in [6.45, 7) is 1.56. The minimum Gasteiger partial charge on any atom is -0.465 e. The van der Waals surface area contributed by atoms with Gasteiger partial charge in [-0.1, -0.05) is 35.9 Å². The lowest BCUT2D eigenvalue weighted by Gasteiger charge is -2.29. The number of nitrogens with two attached hydrogens (primary N) is 1. The van der Waals surface area contributed by atoms with Gasteiger partial charge in [-0.3, -0.25) is 4.79 Å². The lowest BCUT2D eigenvalue weighted by molar-refractivity contribution is 0.0799. The van der Waals surface area contributed by atoms with E-state index in [1.165, 1.54) is 36.4 Å². The second kappa shape index (κ2) is 10.9. The van der Waals surface area contributed by atoms with Gasteiger partial charge in [0.05, 0.1) is 22.4 Å². The summed E-state index contributed by atoms with van der Waals surface area (Å²) in [5, 5.41) is 20.6. The third kappa shape index (κ3) is 6.39. The first-order valence-electron chi connectivity index (χ1n) is 10.7. The smallest absolute Gasteiger partial charge is 0.407 e. The van der Waals surface area contributed by atoms with E-state index in [1.807, 2.05) is 0 Å². The SMILES string of the molecule is C[C@H](Cc1ccc(S(=O)(=O)c2ccc(C(N)=O)cc2)cc1)N(C[C@@H](O)c1cccc(Cl)c1)C(=O)O. The molecule has 0 aliphatic heterocycles. The Morgan fingerprint density at radius 2 is 1.57 bits per heavy atom. The second-order valence-electron chi connectivity index (χ2n) is 8.09. The number of halogens is 1. The average molecular weight is 517 g/mol. The van der Waals surface area contributed by atoms with Crippen LogP contribution in [-0.2, 0) is 16.3 Å². The molecule has 0 fully saturated rings. The number of carboxylic acid groups (broad SMARTS) is 1. The van der Waals surface area contributed by atoms with Crippen molar-refractivity contribution in [1.29, 1.82) is 0 Å². The van der Waals surface area contributed by atoms with E-state index >= 15 is 0 Å². The Morgan fingerprint density at radius 1 is 1.00 bits per heavy atom. The van der Waals surface area contributed by atoms with Crippen LogP contribution in [0.1, 0.15) is 34.5 Å². The maximum atomic E-state index is 12.9. The molecule has 35 heavy (non-hydrogen) atoms. The molecule has 3 aromatic rings. The van der Waals surface area contributed by atoms with Crippen molar-refractivity contribution in [2.45, 2.75) is 35.3 Å². The van der Waals surface area contributed by atoms with E-state index in [4.69, 9.17) is 17.3 Å². The first-order valence-corrected chi connectivity index (χ1v) is 12.5. The number of sulfone groups is 1. The van der Waals surface area contributed by atoms with E-state index in [0.29, 0.717) is 17.0 Å². The number of carbonyl (C=O) groups is 2. The molecule has 4 N–H and O–H groups in total. The van der Waals surface area contributed by atoms with Crippen molar-refractivity contribution in [3.05, 3.63) is 94.5 Å². The minimum atomic E-state index is -3.81. The van der Waals surface area contributed by atoms with Crippen LogP contribution in [0.3, 0.4) is 0 Å². The highest BCUT2D eigenvalue weighted by molar-refractivity contribution is 7.91. The van der Waals surface area contributed by atoms with Gasteiger partial charge in [-0.25, -0.2) is 13.2 Å². The number of aliphatic hydroxyl groups excluding tert-OH is 1. The predicted octanol–water partition coefficient (Wildman–Crippen LogP) is 3.92. The lowest BCUT2D eigenvalue weighted by Crippen LogP contribution is -2.41. The molecule has 2 amide bonds. The molecular formula is C25H25ClN2O6S. The summed E-state index contributed by atoms with van der Waals surface area (Å²) in [7, 11) is -3.81. The molecular weight excluding hydrogens is 492 g/mol. The molecule has 0 saturated carbocycles. The fourth-order valence-electron chi connectivity index (χ4n) is 3.64. The Hall–Kier alpha value is -3.40. The van der Waals surface area contributed by atoms with E-state index < -0.39 is 34.0 Å². The van der Waals surface area contributed by atoms with Gasteiger partial charge in [-0.05, 0) is 73.0 Å². The largest absolute Gasteiger partial charge is 0.465 e. The van der Waals surface area contributed by atoms with Gasteiger partial charge in [0.1, 0.15) is 0 Å². The molecule has 0 unspecified atom stereocenters. The number of rotatable bonds is 9. The minimum absolute atomic E-state index is 0.0238. The number of hydrogen-bond donors (Lipinski definition) is 3. The summed E-state index contributed by atoms with van der Waals surface area (Å²) < 4.78 is 25.8. The molecule has 3 aromatic carbocycles. The molecule has 8 nitrogen and oxygen atoms in total. The molecule has 184 valence electrons. The monoisotopic (exact) mass is 516 g/mol. The zero-order chi connectivity index (χ0) is 25.8. The van der Waals surface area contributed by atoms with Gasteiger partial charge in [0.25, 0.3) is 0 Å². The van der Waals surface area contributed by atoms with E-state index in [-0.39, 0.29) is 21.9 Å². The maximum absolute atomic E-state index is 12.9. The fourth-order valence-corrected chi connectivity index (χ4v) is 5.10. The Balaban J connectivity index is 1.72. The second-order valence-corrected chi connectivity index (χ2v) is 10.5. The molecule has 0 spiro atoms. The number of aliphatic hydroxyl groups is 1. The number of hydrogen-bond acceptors (Lipinski definition) is 5. The van der Waals surface area contributed by atoms with Gasteiger partial charge in [0.15, 0.2) is 0 Å². The maximum Gasteiger partial charge on any atom is 0.407 e. The summed E-state index contributed by atoms with van der Waals surface area (Å²) >= 11 is 5.96. The van der Waals surface area contributed by atoms with Crippen LogP contribution in [0.15, 0.2) is 82.6 Å². The average Bonchev–Trinajstić information content (AvgIpc) is 2.82. The zero-order valence-corrected chi connectivity index (χ0v) is 20.4. The topological polar surface area (TPSA) is 138 Å². The van der Waals surface area contributed by atoms with Crippen LogP contribution in [0.25, 0.3) is 0 Å². The van der Waals surface area contributed by atoms with Gasteiger partial charge in [0.2, 0.25) is 15.7 Å². The Labute approximate surface area is 208 Å². The van der Waals surface area contributed by atoms with Crippen LogP contribution in [-0.4, -0.2) is 48.1 Å². The first kappa shape index (κ1) is 26.2. The zero-order valence-electron chi connectivity index (χ0n) is 18.8. The van der Waals surface area contributed by atoms with E-state index in [0.717, 1.165) is 10.5 Å². The summed E-state index contributed by atoms with van der Waals surface area (Å²) in [6.07, 6.45) is -1.93. The highest BCUT2D eigenvalue weighted by Gasteiger charge is 2.24. The number of primary amides is 1. The van der Waals surface area contributed by atoms with Crippen LogP contribution >= 0.6 is 11.6 Å². The van der Waals surface area contributed by atoms with Crippen LogP contribution in [0, 0.1) is 0 Å². The fraction of sp³-hybridized carbons (Fsp3) is 0.200. The van der Waals surface area contributed by atoms with Crippen molar-refractivity contribution >= 4 is 33.4 Å². The van der Waals surface area contributed by atoms with Crippen molar-refractivity contribution in [1.82, 2.24) is 4.90 Å². The van der Waals surface area contributed by atoms with E-state index in [2.05, 4.69) is 0 Å². The number of benzene rings is 3. The van der Waals surface area contributed by atoms with Crippen molar-refractivity contribution in [2.75, 3.05) is 6.54 Å². The van der Waals surface area contributed by atoms with Crippen LogP contribution in [0.4, 0.5) is 4.79 Å². The molecule has 0 aliphatic rings. The number of carbonyl (C=O) groups excluding carboxylic acids is 1. The lowest BCUT2D eigenvalue weighted by atomic mass is 10.0. The molecule has 3 rings (SSSR count). The third-order valence-electron chi connectivity index (χ3n) is 5.59. The molecule has 10 heteroatoms. The van der Waals surface area contributed by atoms with Crippen molar-refractivity contribution in [3.8, 4) is 0 Å². The van der Waals surface area contributed by atoms with Gasteiger partial charge in [0, 0.05) is 16.6 Å². The Morgan fingerprint density at radius 3 is 2.09 bits per heavy atom. The number of amides is 2. The van der Waals surface area contributed by atoms with Crippen molar-refractivity contribution in [2.24, 2.45) is 5.73 Å². The van der Waals surface area contributed by atoms with Gasteiger partial charge < -0.3 is 20.8 Å². The van der Waals surface area contributed by atoms with Gasteiger partial charge in [-0.15, -0.1) is 0 Å². The van der Waals surface area contributed by atoms with Crippen LogP contribution < -0.4 is 5.73 Å². The van der Waals surface area contributed by atoms with E-state index in [9.17, 15) is 28.2 Å². The summed E-state index contributed by atoms with van der Waals surface area (Å²) in [5.74, 6) is -0.650. The molecule has 0 saturated heterocycles. The molecule has 0 bridgehead atoms. The highest BCUT2D eigenvalue weighted by Crippen LogP contribution is 2.23. The third-order valence-corrected chi connectivity index (χ3v) is 7.62. The normalized spacial score (nSPS) is 13.1. The molecule has 0 aliphatic carbocycles. The summed E-state index contributed by atoms with van der Waals surface area (Å²) in [4.78, 5) is 24.3. The van der Waals surface area contributed by atoms with Crippen LogP contribution in [0.2, 0.25) is 5.02 Å². The molecule has 0 aromatic heterocycles. The van der Waals surface area contributed by atoms with Crippen molar-refractivity contribution < 1.29 is 28.2 Å². The molecule has 0 heterocycles. The van der Waals surface area contributed by atoms with Crippen molar-refractivity contribution in [3.63, 3.8) is 0 Å². The number of nitrogens with zero attached hydrogens (tertiary/aromatic N) is 1. The molecule has 0 radical (unpaired) electrons.